The molecule has 1 heterocycles. The molecule has 0 bridgehead atoms. The minimum atomic E-state index is -1.19. The summed E-state index contributed by atoms with van der Waals surface area (Å²) < 4.78 is 5.88. The Morgan fingerprint density at radius 1 is 1.22 bits per heavy atom. The summed E-state index contributed by atoms with van der Waals surface area (Å²) >= 11 is 0. The van der Waals surface area contributed by atoms with Gasteiger partial charge in [0.2, 0.25) is 0 Å². The lowest BCUT2D eigenvalue weighted by atomic mass is 9.92. The van der Waals surface area contributed by atoms with Gasteiger partial charge in [0.05, 0.1) is 18.1 Å². The number of ketones is 1. The number of hydrogen-bond donors (Lipinski definition) is 5. The number of hydrogen-bond acceptors (Lipinski definition) is 7. The number of carbonyl (C=O) groups excluding carboxylic acids is 1. The first-order chi connectivity index (χ1) is 15.0. The molecule has 1 aliphatic rings. The first-order valence-electron chi connectivity index (χ1n) is 10.6. The lowest BCUT2D eigenvalue weighted by Crippen LogP contribution is -2.35. The molecule has 2 aromatic rings. The van der Waals surface area contributed by atoms with Gasteiger partial charge in [0.15, 0.2) is 5.78 Å². The Bertz CT molecular complexity index is 1020. The predicted octanol–water partition coefficient (Wildman–Crippen LogP) is 3.91. The van der Waals surface area contributed by atoms with Crippen LogP contribution in [0.3, 0.4) is 0 Å². The second-order valence-corrected chi connectivity index (χ2v) is 8.88. The fourth-order valence-electron chi connectivity index (χ4n) is 3.67. The maximum atomic E-state index is 12.8. The van der Waals surface area contributed by atoms with E-state index in [4.69, 9.17) is 4.74 Å². The number of aliphatic hydroxyl groups excluding tert-OH is 1. The van der Waals surface area contributed by atoms with E-state index in [2.05, 4.69) is 0 Å². The number of phenolic OH excluding ortho intramolecular Hbond substituents is 3. The third kappa shape index (κ3) is 5.23. The van der Waals surface area contributed by atoms with Crippen molar-refractivity contribution >= 4 is 5.78 Å². The standard InChI is InChI=1S/C25H30O7/c1-14(5-11-22(29)25(2,3)31)4-10-17-18(27)12-21-23(24(17)30)19(28)13-20(32-21)15-6-8-16(26)9-7-15/h4,6-9,12,20,22,26-27,29-31H,5,10-11,13H2,1-3H3/b14-4+/t20-,22?/m0/s1. The smallest absolute Gasteiger partial charge is 0.174 e. The maximum absolute atomic E-state index is 12.8. The van der Waals surface area contributed by atoms with Crippen LogP contribution >= 0.6 is 0 Å². The van der Waals surface area contributed by atoms with Crippen LogP contribution < -0.4 is 4.74 Å². The Labute approximate surface area is 187 Å². The van der Waals surface area contributed by atoms with Gasteiger partial charge in [-0.3, -0.25) is 4.79 Å². The summed E-state index contributed by atoms with van der Waals surface area (Å²) in [4.78, 5) is 12.8. The van der Waals surface area contributed by atoms with E-state index in [0.717, 1.165) is 5.57 Å². The summed E-state index contributed by atoms with van der Waals surface area (Å²) in [5.41, 5.74) is 0.715. The zero-order valence-electron chi connectivity index (χ0n) is 18.5. The molecule has 0 fully saturated rings. The fourth-order valence-corrected chi connectivity index (χ4v) is 3.67. The number of benzene rings is 2. The van der Waals surface area contributed by atoms with Gasteiger partial charge in [0.1, 0.15) is 34.7 Å². The van der Waals surface area contributed by atoms with E-state index in [1.54, 1.807) is 26.0 Å². The number of rotatable bonds is 7. The van der Waals surface area contributed by atoms with Crippen LogP contribution in [0.5, 0.6) is 23.0 Å². The van der Waals surface area contributed by atoms with Gasteiger partial charge in [0.25, 0.3) is 0 Å². The molecule has 7 heteroatoms. The van der Waals surface area contributed by atoms with Gasteiger partial charge in [-0.15, -0.1) is 0 Å². The molecule has 5 N–H and O–H groups in total. The van der Waals surface area contributed by atoms with Crippen LogP contribution in [0, 0.1) is 0 Å². The molecule has 0 saturated carbocycles. The van der Waals surface area contributed by atoms with Gasteiger partial charge < -0.3 is 30.3 Å². The summed E-state index contributed by atoms with van der Waals surface area (Å²) in [6, 6.07) is 7.68. The van der Waals surface area contributed by atoms with Crippen molar-refractivity contribution < 1.29 is 35.1 Å². The van der Waals surface area contributed by atoms with Crippen molar-refractivity contribution in [2.24, 2.45) is 0 Å². The molecule has 0 amide bonds. The lowest BCUT2D eigenvalue weighted by Gasteiger charge is -2.27. The molecular weight excluding hydrogens is 412 g/mol. The van der Waals surface area contributed by atoms with Crippen LogP contribution in [-0.4, -0.2) is 43.0 Å². The predicted molar refractivity (Wildman–Crippen MR) is 119 cm³/mol. The second kappa shape index (κ2) is 9.22. The van der Waals surface area contributed by atoms with E-state index < -0.39 is 17.8 Å². The molecule has 32 heavy (non-hydrogen) atoms. The number of Topliss-reactive ketones (excluding diaryl/α,β-unsaturated/α-hetero) is 1. The number of aromatic hydroxyl groups is 3. The Morgan fingerprint density at radius 3 is 2.50 bits per heavy atom. The SMILES string of the molecule is C/C(=C\Cc1c(O)cc2c(c1O)C(=O)C[C@@H](c1ccc(O)cc1)O2)CCC(O)C(C)(C)O. The molecule has 3 rings (SSSR count). The summed E-state index contributed by atoms with van der Waals surface area (Å²) in [5.74, 6) is -0.547. The Hall–Kier alpha value is -3.03. The topological polar surface area (TPSA) is 127 Å². The highest BCUT2D eigenvalue weighted by Crippen LogP contribution is 2.44. The van der Waals surface area contributed by atoms with Crippen molar-refractivity contribution in [3.63, 3.8) is 0 Å². The van der Waals surface area contributed by atoms with Crippen molar-refractivity contribution in [2.75, 3.05) is 0 Å². The van der Waals surface area contributed by atoms with Crippen molar-refractivity contribution in [3.8, 4) is 23.0 Å². The van der Waals surface area contributed by atoms with Crippen molar-refractivity contribution in [2.45, 2.75) is 64.3 Å². The zero-order chi connectivity index (χ0) is 23.6. The molecule has 0 aliphatic carbocycles. The molecule has 1 aliphatic heterocycles. The first-order valence-corrected chi connectivity index (χ1v) is 10.6. The molecule has 172 valence electrons. The second-order valence-electron chi connectivity index (χ2n) is 8.88. The monoisotopic (exact) mass is 442 g/mol. The van der Waals surface area contributed by atoms with E-state index >= 15 is 0 Å². The van der Waals surface area contributed by atoms with Gasteiger partial charge in [-0.2, -0.15) is 0 Å². The van der Waals surface area contributed by atoms with Crippen LogP contribution in [0.2, 0.25) is 0 Å². The number of ether oxygens (including phenoxy) is 1. The molecular formula is C25H30O7. The van der Waals surface area contributed by atoms with Crippen molar-refractivity contribution in [1.82, 2.24) is 0 Å². The number of fused-ring (bicyclic) bond motifs is 1. The maximum Gasteiger partial charge on any atom is 0.174 e. The minimum Gasteiger partial charge on any atom is -0.508 e. The molecule has 2 aromatic carbocycles. The largest absolute Gasteiger partial charge is 0.508 e. The lowest BCUT2D eigenvalue weighted by molar-refractivity contribution is -0.0509. The molecule has 0 radical (unpaired) electrons. The van der Waals surface area contributed by atoms with Crippen LogP contribution in [0.4, 0.5) is 0 Å². The molecule has 2 atom stereocenters. The van der Waals surface area contributed by atoms with Crippen LogP contribution in [0.25, 0.3) is 0 Å². The quantitative estimate of drug-likeness (QED) is 0.411. The summed E-state index contributed by atoms with van der Waals surface area (Å²) in [7, 11) is 0. The summed E-state index contributed by atoms with van der Waals surface area (Å²) in [5, 5.41) is 50.4. The van der Waals surface area contributed by atoms with Gasteiger partial charge in [-0.25, -0.2) is 0 Å². The van der Waals surface area contributed by atoms with Crippen LogP contribution in [0.1, 0.15) is 67.6 Å². The average Bonchev–Trinajstić information content (AvgIpc) is 2.70. The first kappa shape index (κ1) is 23.6. The molecule has 7 nitrogen and oxygen atoms in total. The Kier molecular flexibility index (Phi) is 6.81. The Morgan fingerprint density at radius 2 is 1.88 bits per heavy atom. The molecule has 0 aromatic heterocycles. The zero-order valence-corrected chi connectivity index (χ0v) is 18.5. The summed E-state index contributed by atoms with van der Waals surface area (Å²) in [6.07, 6.45) is 1.50. The number of phenols is 3. The third-order valence-corrected chi connectivity index (χ3v) is 5.81. The molecule has 0 spiro atoms. The molecule has 1 unspecified atom stereocenters. The van der Waals surface area contributed by atoms with E-state index in [9.17, 15) is 30.3 Å². The number of allylic oxidation sites excluding steroid dienone is 2. The average molecular weight is 443 g/mol. The highest BCUT2D eigenvalue weighted by Gasteiger charge is 2.32. The minimum absolute atomic E-state index is 0.0270. The van der Waals surface area contributed by atoms with E-state index in [1.807, 2.05) is 13.0 Å². The Balaban J connectivity index is 1.78. The van der Waals surface area contributed by atoms with Gasteiger partial charge >= 0.3 is 0 Å². The van der Waals surface area contributed by atoms with Crippen LogP contribution in [0.15, 0.2) is 42.0 Å². The number of aliphatic hydroxyl groups is 2. The van der Waals surface area contributed by atoms with Gasteiger partial charge in [-0.05, 0) is 57.7 Å². The fraction of sp³-hybridized carbons (Fsp3) is 0.400. The third-order valence-electron chi connectivity index (χ3n) is 5.81. The van der Waals surface area contributed by atoms with Crippen molar-refractivity contribution in [3.05, 3.63) is 58.7 Å². The number of carbonyl (C=O) groups is 1. The van der Waals surface area contributed by atoms with Crippen LogP contribution in [-0.2, 0) is 6.42 Å². The highest BCUT2D eigenvalue weighted by atomic mass is 16.5. The van der Waals surface area contributed by atoms with E-state index in [-0.39, 0.29) is 52.7 Å². The van der Waals surface area contributed by atoms with E-state index in [1.165, 1.54) is 18.2 Å². The highest BCUT2D eigenvalue weighted by molar-refractivity contribution is 6.03. The van der Waals surface area contributed by atoms with Gasteiger partial charge in [-0.1, -0.05) is 23.8 Å². The van der Waals surface area contributed by atoms with Gasteiger partial charge in [0, 0.05) is 11.6 Å². The molecule has 0 saturated heterocycles. The normalized spacial score (nSPS) is 17.6. The summed E-state index contributed by atoms with van der Waals surface area (Å²) in [6.45, 7) is 4.95. The van der Waals surface area contributed by atoms with E-state index in [0.29, 0.717) is 18.4 Å². The van der Waals surface area contributed by atoms with Crippen molar-refractivity contribution in [1.29, 1.82) is 0 Å².